The molecule has 0 aromatic carbocycles. The summed E-state index contributed by atoms with van der Waals surface area (Å²) in [6.07, 6.45) is 12.6. The summed E-state index contributed by atoms with van der Waals surface area (Å²) in [6, 6.07) is 5.81. The van der Waals surface area contributed by atoms with Gasteiger partial charge in [-0.2, -0.15) is 4.57 Å². The number of rotatable bonds is 10. The second kappa shape index (κ2) is 12.8. The van der Waals surface area contributed by atoms with Crippen LogP contribution in [0.5, 0.6) is 0 Å². The van der Waals surface area contributed by atoms with Crippen molar-refractivity contribution >= 4 is 5.97 Å². The Bertz CT molecular complexity index is 370. The van der Waals surface area contributed by atoms with Gasteiger partial charge in [-0.15, -0.1) is 0 Å². The highest BCUT2D eigenvalue weighted by Gasteiger charge is 2.15. The van der Waals surface area contributed by atoms with Crippen molar-refractivity contribution in [2.24, 2.45) is 0 Å². The smallest absolute Gasteiger partial charge is 0.310 e. The molecule has 1 aromatic rings. The third-order valence-corrected chi connectivity index (χ3v) is 3.44. The molecular formula is C17H28BrNO2. The highest BCUT2D eigenvalue weighted by atomic mass is 79.9. The molecule has 0 aliphatic heterocycles. The van der Waals surface area contributed by atoms with Crippen LogP contribution in [0.25, 0.3) is 0 Å². The van der Waals surface area contributed by atoms with E-state index in [1.165, 1.54) is 32.1 Å². The summed E-state index contributed by atoms with van der Waals surface area (Å²) in [7, 11) is 0. The Morgan fingerprint density at radius 3 is 2.19 bits per heavy atom. The zero-order valence-corrected chi connectivity index (χ0v) is 14.8. The fraction of sp³-hybridized carbons (Fsp3) is 0.647. The number of halogens is 1. The lowest BCUT2D eigenvalue weighted by molar-refractivity contribution is -0.753. The first kappa shape index (κ1) is 20.1. The van der Waals surface area contributed by atoms with Crippen molar-refractivity contribution in [3.63, 3.8) is 0 Å². The number of nitrogens with zero attached hydrogens (tertiary/aromatic N) is 1. The van der Waals surface area contributed by atoms with Gasteiger partial charge in [0, 0.05) is 25.5 Å². The average Bonchev–Trinajstić information content (AvgIpc) is 2.47. The molecule has 1 atom stereocenters. The summed E-state index contributed by atoms with van der Waals surface area (Å²) < 4.78 is 7.30. The van der Waals surface area contributed by atoms with Crippen molar-refractivity contribution in [2.45, 2.75) is 71.4 Å². The molecule has 1 unspecified atom stereocenters. The normalized spacial score (nSPS) is 11.5. The molecule has 0 N–H and O–H groups in total. The van der Waals surface area contributed by atoms with Crippen LogP contribution >= 0.6 is 0 Å². The summed E-state index contributed by atoms with van der Waals surface area (Å²) in [5, 5.41) is 0. The van der Waals surface area contributed by atoms with Crippen molar-refractivity contribution in [1.29, 1.82) is 0 Å². The highest BCUT2D eigenvalue weighted by Crippen LogP contribution is 2.09. The molecular weight excluding hydrogens is 330 g/mol. The van der Waals surface area contributed by atoms with Gasteiger partial charge in [-0.3, -0.25) is 4.79 Å². The third kappa shape index (κ3) is 9.62. The number of hydrogen-bond acceptors (Lipinski definition) is 2. The average molecular weight is 358 g/mol. The first-order valence-electron chi connectivity index (χ1n) is 7.89. The SMILES string of the molecule is CCCCCCCCCC(=O)OC(C)[n+]1ccccc1.[Br-]. The molecule has 0 spiro atoms. The second-order valence-corrected chi connectivity index (χ2v) is 5.28. The van der Waals surface area contributed by atoms with Crippen molar-refractivity contribution in [3.8, 4) is 0 Å². The van der Waals surface area contributed by atoms with E-state index in [1.807, 2.05) is 42.1 Å². The van der Waals surface area contributed by atoms with Gasteiger partial charge < -0.3 is 21.7 Å². The van der Waals surface area contributed by atoms with Crippen LogP contribution in [0.1, 0.15) is 71.4 Å². The molecule has 0 aliphatic rings. The van der Waals surface area contributed by atoms with Crippen LogP contribution < -0.4 is 21.5 Å². The van der Waals surface area contributed by atoms with E-state index in [2.05, 4.69) is 6.92 Å². The van der Waals surface area contributed by atoms with Crippen LogP contribution in [0.4, 0.5) is 0 Å². The highest BCUT2D eigenvalue weighted by molar-refractivity contribution is 5.69. The van der Waals surface area contributed by atoms with Gasteiger partial charge in [0.1, 0.15) is 0 Å². The zero-order valence-electron chi connectivity index (χ0n) is 13.3. The minimum Gasteiger partial charge on any atom is -1.00 e. The summed E-state index contributed by atoms with van der Waals surface area (Å²) in [6.45, 7) is 4.12. The lowest BCUT2D eigenvalue weighted by atomic mass is 10.1. The van der Waals surface area contributed by atoms with E-state index in [-0.39, 0.29) is 29.2 Å². The maximum absolute atomic E-state index is 11.7. The molecule has 0 saturated heterocycles. The molecule has 1 heterocycles. The maximum Gasteiger partial charge on any atom is 0.310 e. The fourth-order valence-electron chi connectivity index (χ4n) is 2.19. The van der Waals surface area contributed by atoms with Gasteiger partial charge in [-0.25, -0.2) is 0 Å². The Morgan fingerprint density at radius 2 is 1.57 bits per heavy atom. The van der Waals surface area contributed by atoms with Crippen molar-refractivity contribution in [1.82, 2.24) is 0 Å². The predicted molar refractivity (Wildman–Crippen MR) is 80.1 cm³/mol. The minimum absolute atomic E-state index is 0. The number of unbranched alkanes of at least 4 members (excludes halogenated alkanes) is 6. The van der Waals surface area contributed by atoms with Crippen LogP contribution in [0.15, 0.2) is 30.6 Å². The largest absolute Gasteiger partial charge is 1.00 e. The van der Waals surface area contributed by atoms with Gasteiger partial charge in [-0.1, -0.05) is 51.5 Å². The lowest BCUT2D eigenvalue weighted by Crippen LogP contribution is -3.00. The van der Waals surface area contributed by atoms with E-state index in [0.717, 1.165) is 12.8 Å². The number of carbonyl (C=O) groups excluding carboxylic acids is 1. The van der Waals surface area contributed by atoms with Gasteiger partial charge in [0.2, 0.25) is 0 Å². The quantitative estimate of drug-likeness (QED) is 0.357. The molecule has 21 heavy (non-hydrogen) atoms. The van der Waals surface area contributed by atoms with Crippen LogP contribution in [-0.4, -0.2) is 5.97 Å². The van der Waals surface area contributed by atoms with E-state index < -0.39 is 0 Å². The minimum atomic E-state index is -0.228. The van der Waals surface area contributed by atoms with Gasteiger partial charge in [-0.05, 0) is 6.42 Å². The van der Waals surface area contributed by atoms with Gasteiger partial charge in [0.25, 0.3) is 0 Å². The Morgan fingerprint density at radius 1 is 1.00 bits per heavy atom. The molecule has 120 valence electrons. The Hall–Kier alpha value is -0.900. The van der Waals surface area contributed by atoms with Gasteiger partial charge >= 0.3 is 12.2 Å². The molecule has 0 bridgehead atoms. The molecule has 1 aromatic heterocycles. The molecule has 0 radical (unpaired) electrons. The first-order valence-corrected chi connectivity index (χ1v) is 7.89. The van der Waals surface area contributed by atoms with Crippen molar-refractivity contribution in [3.05, 3.63) is 30.6 Å². The number of aromatic nitrogens is 1. The molecule has 4 heteroatoms. The maximum atomic E-state index is 11.7. The molecule has 3 nitrogen and oxygen atoms in total. The van der Waals surface area contributed by atoms with E-state index in [1.54, 1.807) is 0 Å². The van der Waals surface area contributed by atoms with Crippen LogP contribution in [-0.2, 0) is 9.53 Å². The Balaban J connectivity index is 0.00000400. The summed E-state index contributed by atoms with van der Waals surface area (Å²) in [5.41, 5.74) is 0. The molecule has 1 rings (SSSR count). The standard InChI is InChI=1S/C17H28NO2.BrH/c1-3-4-5-6-7-8-10-13-17(19)20-16(2)18-14-11-9-12-15-18;/h9,11-12,14-16H,3-8,10,13H2,1-2H3;1H/q+1;/p-1. The number of carbonyl (C=O) groups is 1. The van der Waals surface area contributed by atoms with Crippen LogP contribution in [0.2, 0.25) is 0 Å². The van der Waals surface area contributed by atoms with Gasteiger partial charge in [0.15, 0.2) is 12.4 Å². The molecule has 0 fully saturated rings. The number of pyridine rings is 1. The van der Waals surface area contributed by atoms with E-state index in [9.17, 15) is 4.79 Å². The molecule has 0 amide bonds. The molecule has 0 aliphatic carbocycles. The fourth-order valence-corrected chi connectivity index (χ4v) is 2.19. The predicted octanol–water partition coefficient (Wildman–Crippen LogP) is 1.18. The number of esters is 1. The summed E-state index contributed by atoms with van der Waals surface area (Å²) in [4.78, 5) is 11.7. The number of hydrogen-bond donors (Lipinski definition) is 0. The Kier molecular flexibility index (Phi) is 12.3. The van der Waals surface area contributed by atoms with Gasteiger partial charge in [0.05, 0.1) is 0 Å². The monoisotopic (exact) mass is 357 g/mol. The molecule has 0 saturated carbocycles. The van der Waals surface area contributed by atoms with Crippen LogP contribution in [0.3, 0.4) is 0 Å². The first-order chi connectivity index (χ1) is 9.74. The van der Waals surface area contributed by atoms with E-state index >= 15 is 0 Å². The number of ether oxygens (including phenoxy) is 1. The second-order valence-electron chi connectivity index (χ2n) is 5.28. The summed E-state index contributed by atoms with van der Waals surface area (Å²) in [5.74, 6) is -0.0950. The summed E-state index contributed by atoms with van der Waals surface area (Å²) >= 11 is 0. The Labute approximate surface area is 139 Å². The lowest BCUT2D eigenvalue weighted by Gasteiger charge is -2.08. The van der Waals surface area contributed by atoms with E-state index in [0.29, 0.717) is 6.42 Å². The van der Waals surface area contributed by atoms with Crippen LogP contribution in [0, 0.1) is 0 Å². The van der Waals surface area contributed by atoms with E-state index in [4.69, 9.17) is 4.74 Å². The van der Waals surface area contributed by atoms with Crippen molar-refractivity contribution in [2.75, 3.05) is 0 Å². The third-order valence-electron chi connectivity index (χ3n) is 3.44. The zero-order chi connectivity index (χ0) is 14.6. The van der Waals surface area contributed by atoms with Crippen molar-refractivity contribution < 1.29 is 31.1 Å². The topological polar surface area (TPSA) is 30.2 Å².